The summed E-state index contributed by atoms with van der Waals surface area (Å²) in [6, 6.07) is 14.8. The molecule has 1 aliphatic heterocycles. The van der Waals surface area contributed by atoms with Crippen LogP contribution in [0.4, 0.5) is 0 Å². The van der Waals surface area contributed by atoms with Gasteiger partial charge in [-0.05, 0) is 60.8 Å². The van der Waals surface area contributed by atoms with Gasteiger partial charge < -0.3 is 19.3 Å². The van der Waals surface area contributed by atoms with Gasteiger partial charge in [0, 0.05) is 39.1 Å². The maximum absolute atomic E-state index is 6.54. The summed E-state index contributed by atoms with van der Waals surface area (Å²) in [5.74, 6) is 2.34. The molecule has 0 saturated carbocycles. The van der Waals surface area contributed by atoms with E-state index in [1.54, 1.807) is 7.11 Å². The van der Waals surface area contributed by atoms with Gasteiger partial charge in [0.2, 0.25) is 0 Å². The molecule has 0 amide bonds. The molecule has 1 unspecified atom stereocenters. The van der Waals surface area contributed by atoms with Crippen molar-refractivity contribution in [1.29, 1.82) is 0 Å². The minimum atomic E-state index is 0.00839. The number of rotatable bonds is 8. The van der Waals surface area contributed by atoms with Crippen molar-refractivity contribution in [3.05, 3.63) is 59.2 Å². The van der Waals surface area contributed by atoms with E-state index < -0.39 is 0 Å². The lowest BCUT2D eigenvalue weighted by Crippen LogP contribution is -2.45. The van der Waals surface area contributed by atoms with Gasteiger partial charge in [0.1, 0.15) is 17.6 Å². The smallest absolute Gasteiger partial charge is 0.125 e. The molecular formula is C25H36N2O2. The molecule has 29 heavy (non-hydrogen) atoms. The molecule has 3 rings (SSSR count). The van der Waals surface area contributed by atoms with E-state index in [1.807, 2.05) is 12.1 Å². The van der Waals surface area contributed by atoms with Gasteiger partial charge in [-0.1, -0.05) is 32.0 Å². The summed E-state index contributed by atoms with van der Waals surface area (Å²) in [6.07, 6.45) is 0.969. The minimum Gasteiger partial charge on any atom is -0.497 e. The van der Waals surface area contributed by atoms with Crippen molar-refractivity contribution in [1.82, 2.24) is 9.80 Å². The molecule has 0 aliphatic carbocycles. The number of piperazine rings is 1. The molecule has 0 N–H and O–H groups in total. The number of aryl methyl sites for hydroxylation is 1. The van der Waals surface area contributed by atoms with Crippen molar-refractivity contribution >= 4 is 0 Å². The van der Waals surface area contributed by atoms with Crippen molar-refractivity contribution in [2.45, 2.75) is 39.2 Å². The number of benzene rings is 2. The van der Waals surface area contributed by atoms with Gasteiger partial charge in [-0.25, -0.2) is 0 Å². The number of nitrogens with zero attached hydrogens (tertiary/aromatic N) is 2. The molecule has 1 aliphatic rings. The van der Waals surface area contributed by atoms with Gasteiger partial charge in [-0.15, -0.1) is 0 Å². The standard InChI is InChI=1S/C25H36N2O2/c1-19(2)24-10-9-23(17-20(24)3)29-25(21-7-6-8-22(18-21)28-5)11-12-27-15-13-26(4)14-16-27/h6-10,17-19,25H,11-16H2,1-5H3. The van der Waals surface area contributed by atoms with Crippen molar-refractivity contribution in [3.63, 3.8) is 0 Å². The second-order valence-electron chi connectivity index (χ2n) is 8.49. The van der Waals surface area contributed by atoms with E-state index in [2.05, 4.69) is 68.0 Å². The Bertz CT molecular complexity index is 782. The molecule has 1 saturated heterocycles. The molecule has 0 radical (unpaired) electrons. The molecule has 0 spiro atoms. The van der Waals surface area contributed by atoms with Crippen LogP contribution in [0.15, 0.2) is 42.5 Å². The highest BCUT2D eigenvalue weighted by molar-refractivity contribution is 5.37. The van der Waals surface area contributed by atoms with E-state index in [-0.39, 0.29) is 6.10 Å². The highest BCUT2D eigenvalue weighted by Crippen LogP contribution is 2.30. The van der Waals surface area contributed by atoms with Crippen molar-refractivity contribution in [2.75, 3.05) is 46.9 Å². The maximum Gasteiger partial charge on any atom is 0.125 e. The van der Waals surface area contributed by atoms with Crippen LogP contribution in [0.5, 0.6) is 11.5 Å². The Balaban J connectivity index is 1.75. The zero-order valence-electron chi connectivity index (χ0n) is 18.6. The highest BCUT2D eigenvalue weighted by atomic mass is 16.5. The van der Waals surface area contributed by atoms with E-state index >= 15 is 0 Å². The van der Waals surface area contributed by atoms with E-state index in [0.717, 1.165) is 50.6 Å². The van der Waals surface area contributed by atoms with E-state index in [0.29, 0.717) is 5.92 Å². The van der Waals surface area contributed by atoms with Crippen LogP contribution in [-0.4, -0.2) is 56.7 Å². The molecule has 4 heteroatoms. The number of likely N-dealkylation sites (N-methyl/N-ethyl adjacent to an activating group) is 1. The van der Waals surface area contributed by atoms with Gasteiger partial charge in [0.15, 0.2) is 0 Å². The number of ether oxygens (including phenoxy) is 2. The van der Waals surface area contributed by atoms with Crippen molar-refractivity contribution in [3.8, 4) is 11.5 Å². The summed E-state index contributed by atoms with van der Waals surface area (Å²) in [6.45, 7) is 12.2. The van der Waals surface area contributed by atoms with Crippen LogP contribution in [0.2, 0.25) is 0 Å². The van der Waals surface area contributed by atoms with Crippen LogP contribution in [0.3, 0.4) is 0 Å². The Morgan fingerprint density at radius 3 is 2.38 bits per heavy atom. The summed E-state index contributed by atoms with van der Waals surface area (Å²) in [5.41, 5.74) is 3.85. The second-order valence-corrected chi connectivity index (χ2v) is 8.49. The lowest BCUT2D eigenvalue weighted by Gasteiger charge is -2.33. The van der Waals surface area contributed by atoms with Crippen LogP contribution >= 0.6 is 0 Å². The zero-order chi connectivity index (χ0) is 20.8. The van der Waals surface area contributed by atoms with Gasteiger partial charge >= 0.3 is 0 Å². The third-order valence-corrected chi connectivity index (χ3v) is 5.91. The van der Waals surface area contributed by atoms with E-state index in [4.69, 9.17) is 9.47 Å². The fourth-order valence-corrected chi connectivity index (χ4v) is 4.04. The fraction of sp³-hybridized carbons (Fsp3) is 0.520. The van der Waals surface area contributed by atoms with Crippen molar-refractivity contribution in [2.24, 2.45) is 0 Å². The van der Waals surface area contributed by atoms with E-state index in [9.17, 15) is 0 Å². The van der Waals surface area contributed by atoms with Gasteiger partial charge in [0.25, 0.3) is 0 Å². The molecule has 0 bridgehead atoms. The first kappa shape index (κ1) is 21.7. The summed E-state index contributed by atoms with van der Waals surface area (Å²) in [7, 11) is 3.91. The molecule has 4 nitrogen and oxygen atoms in total. The summed E-state index contributed by atoms with van der Waals surface area (Å²) >= 11 is 0. The average Bonchev–Trinajstić information content (AvgIpc) is 2.72. The molecule has 158 valence electrons. The topological polar surface area (TPSA) is 24.9 Å². The molecule has 1 atom stereocenters. The van der Waals surface area contributed by atoms with Crippen LogP contribution in [0, 0.1) is 6.92 Å². The maximum atomic E-state index is 6.54. The monoisotopic (exact) mass is 396 g/mol. The number of methoxy groups -OCH3 is 1. The number of hydrogen-bond acceptors (Lipinski definition) is 4. The Labute approximate surface area is 176 Å². The molecule has 2 aromatic carbocycles. The first-order valence-corrected chi connectivity index (χ1v) is 10.8. The van der Waals surface area contributed by atoms with E-state index in [1.165, 1.54) is 16.7 Å². The lowest BCUT2D eigenvalue weighted by atomic mass is 9.98. The quantitative estimate of drug-likeness (QED) is 0.635. The molecule has 1 fully saturated rings. The third-order valence-electron chi connectivity index (χ3n) is 5.91. The van der Waals surface area contributed by atoms with Crippen LogP contribution in [0.1, 0.15) is 49.0 Å². The summed E-state index contributed by atoms with van der Waals surface area (Å²) in [4.78, 5) is 4.94. The Kier molecular flexibility index (Phi) is 7.57. The first-order valence-electron chi connectivity index (χ1n) is 10.8. The van der Waals surface area contributed by atoms with Crippen molar-refractivity contribution < 1.29 is 9.47 Å². The van der Waals surface area contributed by atoms with Gasteiger partial charge in [-0.3, -0.25) is 0 Å². The molecule has 2 aromatic rings. The zero-order valence-corrected chi connectivity index (χ0v) is 18.6. The Morgan fingerprint density at radius 1 is 0.966 bits per heavy atom. The number of hydrogen-bond donors (Lipinski definition) is 0. The van der Waals surface area contributed by atoms with Crippen LogP contribution in [0.25, 0.3) is 0 Å². The summed E-state index contributed by atoms with van der Waals surface area (Å²) < 4.78 is 12.0. The highest BCUT2D eigenvalue weighted by Gasteiger charge is 2.19. The predicted molar refractivity (Wildman–Crippen MR) is 120 cm³/mol. The minimum absolute atomic E-state index is 0.00839. The second kappa shape index (κ2) is 10.1. The molecule has 0 aromatic heterocycles. The molecule has 1 heterocycles. The fourth-order valence-electron chi connectivity index (χ4n) is 4.04. The largest absolute Gasteiger partial charge is 0.497 e. The SMILES string of the molecule is COc1cccc(C(CCN2CCN(C)CC2)Oc2ccc(C(C)C)c(C)c2)c1. The summed E-state index contributed by atoms with van der Waals surface area (Å²) in [5, 5.41) is 0. The predicted octanol–water partition coefficient (Wildman–Crippen LogP) is 4.88. The third kappa shape index (κ3) is 5.97. The van der Waals surface area contributed by atoms with Gasteiger partial charge in [0.05, 0.1) is 7.11 Å². The normalized spacial score (nSPS) is 16.8. The Hall–Kier alpha value is -2.04. The lowest BCUT2D eigenvalue weighted by molar-refractivity contribution is 0.123. The molecular weight excluding hydrogens is 360 g/mol. The first-order chi connectivity index (χ1) is 14.0. The Morgan fingerprint density at radius 2 is 1.72 bits per heavy atom. The van der Waals surface area contributed by atoms with Crippen LogP contribution in [-0.2, 0) is 0 Å². The van der Waals surface area contributed by atoms with Crippen LogP contribution < -0.4 is 9.47 Å². The average molecular weight is 397 g/mol. The van der Waals surface area contributed by atoms with Gasteiger partial charge in [-0.2, -0.15) is 0 Å².